The standard InChI is InChI=1S/2C7H8O3S.CH4/c2*1-6-2-4-7(5-3-6)11(8,9)10;/h2*2-5H,1H3,(H,8,9,10);1H4. The third-order valence-electron chi connectivity index (χ3n) is 2.64. The fourth-order valence-electron chi connectivity index (χ4n) is 1.42. The molecule has 0 bridgehead atoms. The molecule has 23 heavy (non-hydrogen) atoms. The van der Waals surface area contributed by atoms with Crippen LogP contribution in [-0.2, 0) is 20.2 Å². The summed E-state index contributed by atoms with van der Waals surface area (Å²) in [5, 5.41) is 0. The average molecular weight is 360 g/mol. The van der Waals surface area contributed by atoms with Crippen LogP contribution in [0.3, 0.4) is 0 Å². The Kier molecular flexibility index (Phi) is 7.59. The minimum Gasteiger partial charge on any atom is -0.282 e. The van der Waals surface area contributed by atoms with Crippen LogP contribution in [0.2, 0.25) is 0 Å². The van der Waals surface area contributed by atoms with E-state index in [1.165, 1.54) is 24.3 Å². The molecular formula is C15H20O6S2. The molecule has 0 aliphatic heterocycles. The van der Waals surface area contributed by atoms with Crippen molar-refractivity contribution in [1.82, 2.24) is 0 Å². The summed E-state index contributed by atoms with van der Waals surface area (Å²) in [5.41, 5.74) is 1.91. The fourth-order valence-corrected chi connectivity index (χ4v) is 2.38. The van der Waals surface area contributed by atoms with Gasteiger partial charge in [-0.1, -0.05) is 42.8 Å². The maximum absolute atomic E-state index is 10.5. The van der Waals surface area contributed by atoms with E-state index in [0.717, 1.165) is 11.1 Å². The number of aryl methyl sites for hydroxylation is 2. The average Bonchev–Trinajstić information content (AvgIpc) is 2.38. The summed E-state index contributed by atoms with van der Waals surface area (Å²) in [4.78, 5) is -0.133. The Hall–Kier alpha value is -1.74. The first-order chi connectivity index (χ1) is 10.00. The third-order valence-corrected chi connectivity index (χ3v) is 4.37. The zero-order valence-electron chi connectivity index (χ0n) is 12.0. The predicted molar refractivity (Wildman–Crippen MR) is 88.7 cm³/mol. The molecule has 0 saturated heterocycles. The van der Waals surface area contributed by atoms with Crippen LogP contribution in [0.1, 0.15) is 18.6 Å². The number of hydrogen-bond donors (Lipinski definition) is 2. The lowest BCUT2D eigenvalue weighted by molar-refractivity contribution is 0.481. The molecule has 2 rings (SSSR count). The van der Waals surface area contributed by atoms with Crippen LogP contribution in [0.25, 0.3) is 0 Å². The van der Waals surface area contributed by atoms with Crippen molar-refractivity contribution in [3.63, 3.8) is 0 Å². The van der Waals surface area contributed by atoms with Crippen LogP contribution in [0, 0.1) is 13.8 Å². The second-order valence-electron chi connectivity index (χ2n) is 4.58. The Bertz CT molecular complexity index is 747. The zero-order valence-corrected chi connectivity index (χ0v) is 13.6. The van der Waals surface area contributed by atoms with E-state index in [1.807, 2.05) is 13.8 Å². The van der Waals surface area contributed by atoms with Crippen molar-refractivity contribution in [3.8, 4) is 0 Å². The molecule has 2 aromatic carbocycles. The molecule has 0 unspecified atom stereocenters. The van der Waals surface area contributed by atoms with Gasteiger partial charge in [0.2, 0.25) is 0 Å². The first-order valence-corrected chi connectivity index (χ1v) is 8.96. The fraction of sp³-hybridized carbons (Fsp3) is 0.200. The SMILES string of the molecule is C.Cc1ccc(S(=O)(=O)O)cc1.Cc1ccc(S(=O)(=O)O)cc1. The number of benzene rings is 2. The molecule has 0 heterocycles. The van der Waals surface area contributed by atoms with Gasteiger partial charge in [-0.05, 0) is 38.1 Å². The summed E-state index contributed by atoms with van der Waals surface area (Å²) >= 11 is 0. The molecule has 0 aromatic heterocycles. The Balaban J connectivity index is 0.000000403. The van der Waals surface area contributed by atoms with E-state index in [9.17, 15) is 16.8 Å². The van der Waals surface area contributed by atoms with E-state index >= 15 is 0 Å². The highest BCUT2D eigenvalue weighted by Crippen LogP contribution is 2.09. The molecule has 0 aliphatic rings. The molecule has 0 saturated carbocycles. The van der Waals surface area contributed by atoms with Crippen LogP contribution in [-0.4, -0.2) is 25.9 Å². The first kappa shape index (κ1) is 21.3. The summed E-state index contributed by atoms with van der Waals surface area (Å²) in [6.45, 7) is 3.68. The Labute approximate surface area is 137 Å². The number of rotatable bonds is 2. The quantitative estimate of drug-likeness (QED) is 0.797. The molecule has 0 radical (unpaired) electrons. The van der Waals surface area contributed by atoms with Crippen molar-refractivity contribution in [1.29, 1.82) is 0 Å². The van der Waals surface area contributed by atoms with Crippen LogP contribution in [0.4, 0.5) is 0 Å². The molecule has 0 aliphatic carbocycles. The van der Waals surface area contributed by atoms with Gasteiger partial charge in [0.25, 0.3) is 20.2 Å². The first-order valence-electron chi connectivity index (χ1n) is 6.08. The Morgan fingerprint density at radius 2 is 0.826 bits per heavy atom. The maximum atomic E-state index is 10.5. The highest BCUT2D eigenvalue weighted by molar-refractivity contribution is 7.86. The van der Waals surface area contributed by atoms with Crippen LogP contribution < -0.4 is 0 Å². The van der Waals surface area contributed by atoms with Crippen molar-refractivity contribution in [2.75, 3.05) is 0 Å². The second-order valence-corrected chi connectivity index (χ2v) is 7.42. The number of hydrogen-bond acceptors (Lipinski definition) is 4. The predicted octanol–water partition coefficient (Wildman–Crippen LogP) is 3.12. The van der Waals surface area contributed by atoms with Gasteiger partial charge in [0, 0.05) is 0 Å². The lowest BCUT2D eigenvalue weighted by atomic mass is 10.2. The lowest BCUT2D eigenvalue weighted by Gasteiger charge is -1.95. The Morgan fingerprint density at radius 3 is 1.00 bits per heavy atom. The largest absolute Gasteiger partial charge is 0.294 e. The summed E-state index contributed by atoms with van der Waals surface area (Å²) in [6, 6.07) is 12.0. The molecule has 0 fully saturated rings. The van der Waals surface area contributed by atoms with Gasteiger partial charge in [-0.25, -0.2) is 0 Å². The molecule has 2 aromatic rings. The molecule has 6 nitrogen and oxygen atoms in total. The van der Waals surface area contributed by atoms with Crippen molar-refractivity contribution in [2.24, 2.45) is 0 Å². The molecule has 8 heteroatoms. The molecule has 0 spiro atoms. The molecule has 0 atom stereocenters. The van der Waals surface area contributed by atoms with E-state index in [0.29, 0.717) is 0 Å². The summed E-state index contributed by atoms with van der Waals surface area (Å²) < 4.78 is 59.1. The minimum absolute atomic E-state index is 0. The van der Waals surface area contributed by atoms with Gasteiger partial charge < -0.3 is 0 Å². The molecular weight excluding hydrogens is 340 g/mol. The van der Waals surface area contributed by atoms with E-state index in [2.05, 4.69) is 0 Å². The molecule has 0 amide bonds. The second kappa shape index (κ2) is 8.21. The molecule has 128 valence electrons. The Morgan fingerprint density at radius 1 is 0.609 bits per heavy atom. The van der Waals surface area contributed by atoms with E-state index in [1.54, 1.807) is 24.3 Å². The summed E-state index contributed by atoms with van der Waals surface area (Å²) in [6.07, 6.45) is 0. The lowest BCUT2D eigenvalue weighted by Crippen LogP contribution is -1.96. The monoisotopic (exact) mass is 360 g/mol. The van der Waals surface area contributed by atoms with Gasteiger partial charge in [0.05, 0.1) is 9.79 Å². The topological polar surface area (TPSA) is 109 Å². The highest BCUT2D eigenvalue weighted by Gasteiger charge is 2.07. The van der Waals surface area contributed by atoms with Gasteiger partial charge in [0.15, 0.2) is 0 Å². The van der Waals surface area contributed by atoms with Crippen molar-refractivity contribution in [2.45, 2.75) is 31.1 Å². The maximum Gasteiger partial charge on any atom is 0.294 e. The van der Waals surface area contributed by atoms with Crippen molar-refractivity contribution < 1.29 is 25.9 Å². The zero-order chi connectivity index (χ0) is 17.0. The van der Waals surface area contributed by atoms with Gasteiger partial charge in [-0.2, -0.15) is 16.8 Å². The van der Waals surface area contributed by atoms with Crippen molar-refractivity contribution in [3.05, 3.63) is 59.7 Å². The van der Waals surface area contributed by atoms with E-state index < -0.39 is 20.2 Å². The van der Waals surface area contributed by atoms with Gasteiger partial charge in [-0.3, -0.25) is 9.11 Å². The highest BCUT2D eigenvalue weighted by atomic mass is 32.2. The third kappa shape index (κ3) is 7.38. The van der Waals surface area contributed by atoms with E-state index in [4.69, 9.17) is 9.11 Å². The molecule has 2 N–H and O–H groups in total. The normalized spacial score (nSPS) is 11.0. The van der Waals surface area contributed by atoms with Crippen molar-refractivity contribution >= 4 is 20.2 Å². The van der Waals surface area contributed by atoms with Crippen LogP contribution >= 0.6 is 0 Å². The summed E-state index contributed by atoms with van der Waals surface area (Å²) in [7, 11) is -8.04. The van der Waals surface area contributed by atoms with E-state index in [-0.39, 0.29) is 17.2 Å². The van der Waals surface area contributed by atoms with Crippen LogP contribution in [0.15, 0.2) is 58.3 Å². The smallest absolute Gasteiger partial charge is 0.282 e. The van der Waals surface area contributed by atoms with Crippen LogP contribution in [0.5, 0.6) is 0 Å². The van der Waals surface area contributed by atoms with Gasteiger partial charge in [0.1, 0.15) is 0 Å². The van der Waals surface area contributed by atoms with Gasteiger partial charge >= 0.3 is 0 Å². The summed E-state index contributed by atoms with van der Waals surface area (Å²) in [5.74, 6) is 0. The minimum atomic E-state index is -4.02. The van der Waals surface area contributed by atoms with Gasteiger partial charge in [-0.15, -0.1) is 0 Å².